The molecule has 4 nitrogen and oxygen atoms in total. The molecule has 0 saturated carbocycles. The number of primary amides is 1. The van der Waals surface area contributed by atoms with Crippen LogP contribution < -0.4 is 10.5 Å². The van der Waals surface area contributed by atoms with Crippen molar-refractivity contribution < 1.29 is 9.53 Å². The van der Waals surface area contributed by atoms with Gasteiger partial charge in [0.1, 0.15) is 5.75 Å². The smallest absolute Gasteiger partial charge is 0.217 e. The standard InChI is InChI=1S/C14H16N2O2/c1-9-7-13(18-2)11-8-10(4-6-14(15)17)3-5-12(11)16-9/h3,5,7-8H,4,6H2,1-2H3,(H2,15,17). The second-order valence-corrected chi connectivity index (χ2v) is 4.28. The molecule has 0 radical (unpaired) electrons. The van der Waals surface area contributed by atoms with Crippen LogP contribution in [0.4, 0.5) is 0 Å². The van der Waals surface area contributed by atoms with Crippen LogP contribution in [0, 0.1) is 6.92 Å². The van der Waals surface area contributed by atoms with Gasteiger partial charge in [-0.1, -0.05) is 6.07 Å². The Morgan fingerprint density at radius 3 is 2.83 bits per heavy atom. The lowest BCUT2D eigenvalue weighted by molar-refractivity contribution is -0.117. The summed E-state index contributed by atoms with van der Waals surface area (Å²) in [7, 11) is 1.64. The number of nitrogens with zero attached hydrogens (tertiary/aromatic N) is 1. The minimum Gasteiger partial charge on any atom is -0.496 e. The molecule has 2 N–H and O–H groups in total. The fraction of sp³-hybridized carbons (Fsp3) is 0.286. The van der Waals surface area contributed by atoms with E-state index in [0.717, 1.165) is 27.9 Å². The highest BCUT2D eigenvalue weighted by atomic mass is 16.5. The average molecular weight is 244 g/mol. The lowest BCUT2D eigenvalue weighted by Gasteiger charge is -2.08. The van der Waals surface area contributed by atoms with Gasteiger partial charge in [0.15, 0.2) is 0 Å². The van der Waals surface area contributed by atoms with Crippen molar-refractivity contribution in [2.75, 3.05) is 7.11 Å². The summed E-state index contributed by atoms with van der Waals surface area (Å²) in [6.07, 6.45) is 0.995. The van der Waals surface area contributed by atoms with Gasteiger partial charge in [-0.15, -0.1) is 0 Å². The molecule has 1 heterocycles. The Kier molecular flexibility index (Phi) is 3.46. The molecule has 0 aliphatic carbocycles. The lowest BCUT2D eigenvalue weighted by atomic mass is 10.1. The number of pyridine rings is 1. The molecule has 0 fully saturated rings. The molecule has 2 aromatic rings. The van der Waals surface area contributed by atoms with Gasteiger partial charge in [0.25, 0.3) is 0 Å². The minimum atomic E-state index is -0.288. The fourth-order valence-electron chi connectivity index (χ4n) is 1.96. The van der Waals surface area contributed by atoms with Crippen LogP contribution in [0.1, 0.15) is 17.7 Å². The summed E-state index contributed by atoms with van der Waals surface area (Å²) < 4.78 is 5.36. The Hall–Kier alpha value is -2.10. The lowest BCUT2D eigenvalue weighted by Crippen LogP contribution is -2.11. The first-order valence-electron chi connectivity index (χ1n) is 5.82. The van der Waals surface area contributed by atoms with Crippen LogP contribution in [0.25, 0.3) is 10.9 Å². The van der Waals surface area contributed by atoms with E-state index in [4.69, 9.17) is 10.5 Å². The van der Waals surface area contributed by atoms with E-state index in [1.165, 1.54) is 0 Å². The molecular formula is C14H16N2O2. The van der Waals surface area contributed by atoms with Crippen LogP contribution >= 0.6 is 0 Å². The van der Waals surface area contributed by atoms with Crippen molar-refractivity contribution in [1.82, 2.24) is 4.98 Å². The first-order valence-corrected chi connectivity index (χ1v) is 5.82. The molecule has 0 spiro atoms. The summed E-state index contributed by atoms with van der Waals surface area (Å²) in [5, 5.41) is 0.963. The number of carbonyl (C=O) groups excluding carboxylic acids is 1. The topological polar surface area (TPSA) is 65.2 Å². The zero-order valence-corrected chi connectivity index (χ0v) is 10.6. The predicted molar refractivity (Wildman–Crippen MR) is 70.5 cm³/mol. The van der Waals surface area contributed by atoms with E-state index >= 15 is 0 Å². The van der Waals surface area contributed by atoms with Gasteiger partial charge >= 0.3 is 0 Å². The first-order chi connectivity index (χ1) is 8.60. The molecule has 94 valence electrons. The van der Waals surface area contributed by atoms with Crippen molar-refractivity contribution in [1.29, 1.82) is 0 Å². The number of ether oxygens (including phenoxy) is 1. The number of hydrogen-bond donors (Lipinski definition) is 1. The molecule has 1 aromatic heterocycles. The first kappa shape index (κ1) is 12.4. The number of aromatic nitrogens is 1. The van der Waals surface area contributed by atoms with Crippen molar-refractivity contribution in [3.05, 3.63) is 35.5 Å². The Balaban J connectivity index is 2.43. The third-order valence-corrected chi connectivity index (χ3v) is 2.84. The second kappa shape index (κ2) is 5.04. The number of benzene rings is 1. The summed E-state index contributed by atoms with van der Waals surface area (Å²) in [6.45, 7) is 1.93. The van der Waals surface area contributed by atoms with Crippen LogP contribution in [-0.4, -0.2) is 18.0 Å². The highest BCUT2D eigenvalue weighted by Gasteiger charge is 2.06. The third kappa shape index (κ3) is 2.59. The van der Waals surface area contributed by atoms with Crippen LogP contribution in [0.3, 0.4) is 0 Å². The average Bonchev–Trinajstić information content (AvgIpc) is 2.35. The van der Waals surface area contributed by atoms with Gasteiger partial charge in [-0.05, 0) is 31.0 Å². The number of aryl methyl sites for hydroxylation is 2. The van der Waals surface area contributed by atoms with E-state index in [-0.39, 0.29) is 5.91 Å². The molecule has 0 saturated heterocycles. The van der Waals surface area contributed by atoms with Crippen molar-refractivity contribution in [3.8, 4) is 5.75 Å². The normalized spacial score (nSPS) is 10.6. The van der Waals surface area contributed by atoms with E-state index in [9.17, 15) is 4.79 Å². The summed E-state index contributed by atoms with van der Waals surface area (Å²) in [5.41, 5.74) is 8.03. The Labute approximate surface area is 106 Å². The van der Waals surface area contributed by atoms with Crippen molar-refractivity contribution in [3.63, 3.8) is 0 Å². The molecule has 2 rings (SSSR count). The highest BCUT2D eigenvalue weighted by molar-refractivity contribution is 5.86. The molecule has 0 aliphatic heterocycles. The maximum absolute atomic E-state index is 10.8. The summed E-state index contributed by atoms with van der Waals surface area (Å²) >= 11 is 0. The quantitative estimate of drug-likeness (QED) is 0.894. The van der Waals surface area contributed by atoms with E-state index < -0.39 is 0 Å². The maximum atomic E-state index is 10.8. The number of hydrogen-bond acceptors (Lipinski definition) is 3. The van der Waals surface area contributed by atoms with Gasteiger partial charge in [-0.3, -0.25) is 9.78 Å². The molecule has 0 atom stereocenters. The summed E-state index contributed by atoms with van der Waals surface area (Å²) in [5.74, 6) is 0.516. The molecule has 0 unspecified atom stereocenters. The SMILES string of the molecule is COc1cc(C)nc2ccc(CCC(N)=O)cc12. The Morgan fingerprint density at radius 2 is 2.17 bits per heavy atom. The van der Waals surface area contributed by atoms with Crippen molar-refractivity contribution in [2.45, 2.75) is 19.8 Å². The number of carbonyl (C=O) groups is 1. The number of rotatable bonds is 4. The summed E-state index contributed by atoms with van der Waals surface area (Å²) in [4.78, 5) is 15.2. The van der Waals surface area contributed by atoms with E-state index in [1.807, 2.05) is 31.2 Å². The van der Waals surface area contributed by atoms with Crippen LogP contribution in [0.15, 0.2) is 24.3 Å². The molecular weight excluding hydrogens is 228 g/mol. The fourth-order valence-corrected chi connectivity index (χ4v) is 1.96. The number of fused-ring (bicyclic) bond motifs is 1. The van der Waals surface area contributed by atoms with Crippen LogP contribution in [0.2, 0.25) is 0 Å². The van der Waals surface area contributed by atoms with Gasteiger partial charge in [0, 0.05) is 23.6 Å². The molecule has 0 bridgehead atoms. The van der Waals surface area contributed by atoms with Gasteiger partial charge in [0.2, 0.25) is 5.91 Å². The second-order valence-electron chi connectivity index (χ2n) is 4.28. The summed E-state index contributed by atoms with van der Waals surface area (Å²) in [6, 6.07) is 7.82. The van der Waals surface area contributed by atoms with E-state index in [1.54, 1.807) is 7.11 Å². The van der Waals surface area contributed by atoms with Crippen molar-refractivity contribution >= 4 is 16.8 Å². The zero-order chi connectivity index (χ0) is 13.1. The number of amides is 1. The molecule has 1 amide bonds. The Morgan fingerprint density at radius 1 is 1.39 bits per heavy atom. The Bertz CT molecular complexity index is 594. The van der Waals surface area contributed by atoms with E-state index in [0.29, 0.717) is 12.8 Å². The van der Waals surface area contributed by atoms with Crippen LogP contribution in [0.5, 0.6) is 5.75 Å². The van der Waals surface area contributed by atoms with Gasteiger partial charge in [-0.25, -0.2) is 0 Å². The number of nitrogens with two attached hydrogens (primary N) is 1. The van der Waals surface area contributed by atoms with E-state index in [2.05, 4.69) is 4.98 Å². The predicted octanol–water partition coefficient (Wildman–Crippen LogP) is 1.97. The third-order valence-electron chi connectivity index (χ3n) is 2.84. The molecule has 0 aliphatic rings. The van der Waals surface area contributed by atoms with Gasteiger partial charge in [0.05, 0.1) is 12.6 Å². The molecule has 18 heavy (non-hydrogen) atoms. The highest BCUT2D eigenvalue weighted by Crippen LogP contribution is 2.26. The van der Waals surface area contributed by atoms with Gasteiger partial charge < -0.3 is 10.5 Å². The largest absolute Gasteiger partial charge is 0.496 e. The molecule has 4 heteroatoms. The maximum Gasteiger partial charge on any atom is 0.217 e. The molecule has 1 aromatic carbocycles. The van der Waals surface area contributed by atoms with Crippen molar-refractivity contribution in [2.24, 2.45) is 5.73 Å². The monoisotopic (exact) mass is 244 g/mol. The zero-order valence-electron chi connectivity index (χ0n) is 10.6. The van der Waals surface area contributed by atoms with Crippen LogP contribution in [-0.2, 0) is 11.2 Å². The minimum absolute atomic E-state index is 0.288. The van der Waals surface area contributed by atoms with Gasteiger partial charge in [-0.2, -0.15) is 0 Å². The number of methoxy groups -OCH3 is 1.